The summed E-state index contributed by atoms with van der Waals surface area (Å²) in [5.74, 6) is 0.734. The van der Waals surface area contributed by atoms with Crippen LogP contribution < -0.4 is 10.3 Å². The third kappa shape index (κ3) is 3.26. The molecule has 1 atom stereocenters. The van der Waals surface area contributed by atoms with Crippen molar-refractivity contribution >= 4 is 16.8 Å². The molecule has 0 aliphatic carbocycles. The van der Waals surface area contributed by atoms with Crippen molar-refractivity contribution in [3.63, 3.8) is 0 Å². The van der Waals surface area contributed by atoms with Gasteiger partial charge in [0.2, 0.25) is 5.91 Å². The maximum absolute atomic E-state index is 13.0. The minimum absolute atomic E-state index is 0.00235. The molecule has 144 valence electrons. The summed E-state index contributed by atoms with van der Waals surface area (Å²) in [6, 6.07) is 13.4. The number of hydrogen-bond donors (Lipinski definition) is 0. The first-order valence-electron chi connectivity index (χ1n) is 9.46. The van der Waals surface area contributed by atoms with Crippen LogP contribution in [-0.2, 0) is 11.3 Å². The zero-order valence-corrected chi connectivity index (χ0v) is 16.1. The molecule has 0 N–H and O–H groups in total. The summed E-state index contributed by atoms with van der Waals surface area (Å²) < 4.78 is 6.63. The van der Waals surface area contributed by atoms with Crippen LogP contribution in [0.4, 0.5) is 0 Å². The van der Waals surface area contributed by atoms with Crippen molar-refractivity contribution in [1.29, 1.82) is 0 Å². The molecule has 2 aromatic carbocycles. The van der Waals surface area contributed by atoms with Gasteiger partial charge in [0.1, 0.15) is 12.3 Å². The Bertz CT molecular complexity index is 1070. The number of amides is 1. The van der Waals surface area contributed by atoms with E-state index in [9.17, 15) is 9.59 Å². The predicted molar refractivity (Wildman–Crippen MR) is 107 cm³/mol. The normalized spacial score (nSPS) is 16.5. The molecule has 6 nitrogen and oxygen atoms in total. The second-order valence-electron chi connectivity index (χ2n) is 7.17. The number of methoxy groups -OCH3 is 1. The fourth-order valence-corrected chi connectivity index (χ4v) is 3.92. The molecule has 4 rings (SSSR count). The number of benzene rings is 2. The van der Waals surface area contributed by atoms with E-state index in [4.69, 9.17) is 4.74 Å². The number of likely N-dealkylation sites (tertiary alicyclic amines) is 1. The SMILES string of the molecule is COc1ccc(C2CCCN2C(=O)Cn2cnc3c(C)cccc3c2=O)cc1. The topological polar surface area (TPSA) is 64.4 Å². The highest BCUT2D eigenvalue weighted by molar-refractivity contribution is 5.81. The van der Waals surface area contributed by atoms with E-state index in [1.54, 1.807) is 13.2 Å². The van der Waals surface area contributed by atoms with E-state index in [-0.39, 0.29) is 24.1 Å². The number of ether oxygens (including phenoxy) is 1. The molecule has 0 spiro atoms. The summed E-state index contributed by atoms with van der Waals surface area (Å²) in [7, 11) is 1.64. The highest BCUT2D eigenvalue weighted by Gasteiger charge is 2.30. The molecule has 6 heteroatoms. The van der Waals surface area contributed by atoms with Gasteiger partial charge in [-0.05, 0) is 49.1 Å². The fourth-order valence-electron chi connectivity index (χ4n) is 3.92. The third-order valence-corrected chi connectivity index (χ3v) is 5.43. The van der Waals surface area contributed by atoms with E-state index in [0.29, 0.717) is 17.4 Å². The molecule has 28 heavy (non-hydrogen) atoms. The fraction of sp³-hybridized carbons (Fsp3) is 0.318. The summed E-state index contributed by atoms with van der Waals surface area (Å²) in [5, 5.41) is 0.545. The Hall–Kier alpha value is -3.15. The van der Waals surface area contributed by atoms with Gasteiger partial charge in [-0.25, -0.2) is 4.98 Å². The Morgan fingerprint density at radius 3 is 2.75 bits per heavy atom. The lowest BCUT2D eigenvalue weighted by Gasteiger charge is -2.25. The van der Waals surface area contributed by atoms with Gasteiger partial charge >= 0.3 is 0 Å². The van der Waals surface area contributed by atoms with Crippen molar-refractivity contribution in [2.24, 2.45) is 0 Å². The second kappa shape index (κ2) is 7.46. The summed E-state index contributed by atoms with van der Waals surface area (Å²) in [6.45, 7) is 2.63. The van der Waals surface area contributed by atoms with Crippen LogP contribution in [0.5, 0.6) is 5.75 Å². The van der Waals surface area contributed by atoms with Crippen LogP contribution in [0.3, 0.4) is 0 Å². The number of carbonyl (C=O) groups excluding carboxylic acids is 1. The van der Waals surface area contributed by atoms with Gasteiger partial charge in [0.15, 0.2) is 0 Å². The van der Waals surface area contributed by atoms with Crippen LogP contribution in [0.25, 0.3) is 10.9 Å². The monoisotopic (exact) mass is 377 g/mol. The number of para-hydroxylation sites is 1. The first kappa shape index (κ1) is 18.2. The molecule has 1 aliphatic heterocycles. The zero-order valence-electron chi connectivity index (χ0n) is 16.1. The van der Waals surface area contributed by atoms with Crippen LogP contribution in [0.15, 0.2) is 53.6 Å². The zero-order chi connectivity index (χ0) is 19.7. The Kier molecular flexibility index (Phi) is 4.86. The highest BCUT2D eigenvalue weighted by Crippen LogP contribution is 2.32. The van der Waals surface area contributed by atoms with Gasteiger partial charge in [-0.15, -0.1) is 0 Å². The molecule has 0 radical (unpaired) electrons. The molecular weight excluding hydrogens is 354 g/mol. The van der Waals surface area contributed by atoms with Crippen LogP contribution in [0.2, 0.25) is 0 Å². The average Bonchev–Trinajstić information content (AvgIpc) is 3.21. The Morgan fingerprint density at radius 2 is 2.00 bits per heavy atom. The van der Waals surface area contributed by atoms with Crippen molar-refractivity contribution in [1.82, 2.24) is 14.5 Å². The second-order valence-corrected chi connectivity index (χ2v) is 7.17. The molecule has 1 unspecified atom stereocenters. The summed E-state index contributed by atoms with van der Waals surface area (Å²) in [6.07, 6.45) is 3.35. The molecule has 1 aliphatic rings. The minimum atomic E-state index is -0.178. The number of aryl methyl sites for hydroxylation is 1. The number of nitrogens with zero attached hydrogens (tertiary/aromatic N) is 3. The largest absolute Gasteiger partial charge is 0.497 e. The molecule has 1 aromatic heterocycles. The van der Waals surface area contributed by atoms with Crippen LogP contribution in [0.1, 0.15) is 30.0 Å². The molecule has 1 amide bonds. The van der Waals surface area contributed by atoms with E-state index in [2.05, 4.69) is 4.98 Å². The molecular formula is C22H23N3O3. The number of fused-ring (bicyclic) bond motifs is 1. The van der Waals surface area contributed by atoms with Crippen molar-refractivity contribution in [3.05, 3.63) is 70.3 Å². The van der Waals surface area contributed by atoms with Gasteiger partial charge in [0.25, 0.3) is 5.56 Å². The first-order valence-corrected chi connectivity index (χ1v) is 9.46. The van der Waals surface area contributed by atoms with Gasteiger partial charge < -0.3 is 9.64 Å². The molecule has 3 aromatic rings. The van der Waals surface area contributed by atoms with Gasteiger partial charge in [0.05, 0.1) is 30.4 Å². The molecule has 0 bridgehead atoms. The minimum Gasteiger partial charge on any atom is -0.497 e. The Labute approximate surface area is 163 Å². The maximum Gasteiger partial charge on any atom is 0.261 e. The molecule has 1 saturated heterocycles. The smallest absolute Gasteiger partial charge is 0.261 e. The lowest BCUT2D eigenvalue weighted by Crippen LogP contribution is -2.36. The summed E-state index contributed by atoms with van der Waals surface area (Å²) in [5.41, 5.74) is 2.55. The van der Waals surface area contributed by atoms with E-state index in [0.717, 1.165) is 29.7 Å². The Morgan fingerprint density at radius 1 is 1.21 bits per heavy atom. The van der Waals surface area contributed by atoms with E-state index < -0.39 is 0 Å². The molecule has 2 heterocycles. The number of aromatic nitrogens is 2. The molecule has 1 fully saturated rings. The quantitative estimate of drug-likeness (QED) is 0.701. The van der Waals surface area contributed by atoms with Gasteiger partial charge in [-0.3, -0.25) is 14.2 Å². The lowest BCUT2D eigenvalue weighted by atomic mass is 10.0. The summed E-state index contributed by atoms with van der Waals surface area (Å²) >= 11 is 0. The van der Waals surface area contributed by atoms with Crippen LogP contribution in [0, 0.1) is 6.92 Å². The van der Waals surface area contributed by atoms with Crippen LogP contribution >= 0.6 is 0 Å². The van der Waals surface area contributed by atoms with Crippen molar-refractivity contribution in [3.8, 4) is 5.75 Å². The first-order chi connectivity index (χ1) is 13.6. The third-order valence-electron chi connectivity index (χ3n) is 5.43. The standard InChI is InChI=1S/C22H23N3O3/c1-15-5-3-6-18-21(15)23-14-24(22(18)27)13-20(26)25-12-4-7-19(25)16-8-10-17(28-2)11-9-16/h3,5-6,8-11,14,19H,4,7,12-13H2,1-2H3. The van der Waals surface area contributed by atoms with Gasteiger partial charge in [-0.1, -0.05) is 24.3 Å². The average molecular weight is 377 g/mol. The number of rotatable bonds is 4. The lowest BCUT2D eigenvalue weighted by molar-refractivity contribution is -0.132. The number of carbonyl (C=O) groups is 1. The van der Waals surface area contributed by atoms with E-state index in [1.165, 1.54) is 10.9 Å². The van der Waals surface area contributed by atoms with E-state index >= 15 is 0 Å². The predicted octanol–water partition coefficient (Wildman–Crippen LogP) is 3.08. The van der Waals surface area contributed by atoms with Crippen LogP contribution in [-0.4, -0.2) is 34.0 Å². The maximum atomic E-state index is 13.0. The van der Waals surface area contributed by atoms with Crippen molar-refractivity contribution in [2.45, 2.75) is 32.4 Å². The Balaban J connectivity index is 1.58. The van der Waals surface area contributed by atoms with Crippen molar-refractivity contribution in [2.75, 3.05) is 13.7 Å². The van der Waals surface area contributed by atoms with E-state index in [1.807, 2.05) is 48.2 Å². The number of hydrogen-bond acceptors (Lipinski definition) is 4. The van der Waals surface area contributed by atoms with Gasteiger partial charge in [0, 0.05) is 6.54 Å². The highest BCUT2D eigenvalue weighted by atomic mass is 16.5. The molecule has 0 saturated carbocycles. The van der Waals surface area contributed by atoms with Gasteiger partial charge in [-0.2, -0.15) is 0 Å². The summed E-state index contributed by atoms with van der Waals surface area (Å²) in [4.78, 5) is 32.0. The van der Waals surface area contributed by atoms with Crippen molar-refractivity contribution < 1.29 is 9.53 Å².